The molecule has 122 valence electrons. The van der Waals surface area contributed by atoms with Crippen LogP contribution in [-0.2, 0) is 22.5 Å². The van der Waals surface area contributed by atoms with Crippen molar-refractivity contribution >= 4 is 34.5 Å². The zero-order valence-corrected chi connectivity index (χ0v) is 14.3. The summed E-state index contributed by atoms with van der Waals surface area (Å²) in [5.41, 5.74) is 1.81. The van der Waals surface area contributed by atoms with Crippen LogP contribution in [0.4, 0.5) is 5.69 Å². The van der Waals surface area contributed by atoms with Crippen LogP contribution in [0.1, 0.15) is 10.4 Å². The normalized spacial score (nSPS) is 15.5. The molecule has 0 bridgehead atoms. The Morgan fingerprint density at radius 2 is 2.13 bits per heavy atom. The molecule has 3 rings (SSSR count). The maximum atomic E-state index is 12.0. The van der Waals surface area contributed by atoms with E-state index in [1.165, 1.54) is 0 Å². The van der Waals surface area contributed by atoms with E-state index in [1.54, 1.807) is 11.3 Å². The molecule has 1 saturated heterocycles. The van der Waals surface area contributed by atoms with Gasteiger partial charge in [0.25, 0.3) is 0 Å². The van der Waals surface area contributed by atoms with Crippen molar-refractivity contribution in [2.45, 2.75) is 13.0 Å². The third-order valence-electron chi connectivity index (χ3n) is 3.75. The van der Waals surface area contributed by atoms with Crippen LogP contribution in [0.15, 0.2) is 35.7 Å². The van der Waals surface area contributed by atoms with E-state index >= 15 is 0 Å². The summed E-state index contributed by atoms with van der Waals surface area (Å²) in [5, 5.41) is 5.56. The second-order valence-electron chi connectivity index (χ2n) is 5.50. The molecule has 1 fully saturated rings. The minimum absolute atomic E-state index is 0.0237. The predicted octanol–water partition coefficient (Wildman–Crippen LogP) is 3.41. The van der Waals surface area contributed by atoms with E-state index in [0.717, 1.165) is 49.0 Å². The van der Waals surface area contributed by atoms with E-state index in [0.29, 0.717) is 11.4 Å². The molecule has 0 unspecified atom stereocenters. The number of amides is 1. The minimum Gasteiger partial charge on any atom is -0.379 e. The van der Waals surface area contributed by atoms with Crippen molar-refractivity contribution in [2.24, 2.45) is 0 Å². The highest BCUT2D eigenvalue weighted by Crippen LogP contribution is 2.23. The molecule has 0 atom stereocenters. The number of morpholine rings is 1. The van der Waals surface area contributed by atoms with Crippen LogP contribution in [0.2, 0.25) is 5.02 Å². The lowest BCUT2D eigenvalue weighted by Crippen LogP contribution is -2.35. The van der Waals surface area contributed by atoms with Gasteiger partial charge in [-0.05, 0) is 29.1 Å². The highest BCUT2D eigenvalue weighted by atomic mass is 35.5. The van der Waals surface area contributed by atoms with Crippen molar-refractivity contribution in [3.05, 3.63) is 51.2 Å². The lowest BCUT2D eigenvalue weighted by atomic mass is 10.1. The van der Waals surface area contributed by atoms with Gasteiger partial charge in [-0.25, -0.2) is 0 Å². The molecule has 1 N–H and O–H groups in total. The Labute approximate surface area is 145 Å². The average molecular weight is 351 g/mol. The Balaban J connectivity index is 1.58. The van der Waals surface area contributed by atoms with Gasteiger partial charge >= 0.3 is 0 Å². The summed E-state index contributed by atoms with van der Waals surface area (Å²) in [7, 11) is 0. The van der Waals surface area contributed by atoms with E-state index in [9.17, 15) is 4.79 Å². The summed E-state index contributed by atoms with van der Waals surface area (Å²) in [6.45, 7) is 4.21. The molecule has 0 saturated carbocycles. The maximum Gasteiger partial charge on any atom is 0.229 e. The highest BCUT2D eigenvalue weighted by Gasteiger charge is 2.13. The number of rotatable bonds is 5. The van der Waals surface area contributed by atoms with E-state index in [-0.39, 0.29) is 5.91 Å². The summed E-state index contributed by atoms with van der Waals surface area (Å²) in [6, 6.07) is 9.63. The van der Waals surface area contributed by atoms with Gasteiger partial charge in [-0.15, -0.1) is 11.3 Å². The number of ether oxygens (including phenoxy) is 1. The van der Waals surface area contributed by atoms with Gasteiger partial charge in [-0.1, -0.05) is 23.7 Å². The highest BCUT2D eigenvalue weighted by molar-refractivity contribution is 7.10. The van der Waals surface area contributed by atoms with Crippen LogP contribution >= 0.6 is 22.9 Å². The number of nitrogens with one attached hydrogen (secondary N) is 1. The van der Waals surface area contributed by atoms with Crippen molar-refractivity contribution in [1.82, 2.24) is 4.90 Å². The van der Waals surface area contributed by atoms with Gasteiger partial charge in [0.15, 0.2) is 0 Å². The Bertz CT molecular complexity index is 655. The first kappa shape index (κ1) is 16.5. The first-order valence-corrected chi connectivity index (χ1v) is 8.87. The van der Waals surface area contributed by atoms with Gasteiger partial charge in [0.1, 0.15) is 0 Å². The van der Waals surface area contributed by atoms with Crippen molar-refractivity contribution < 1.29 is 9.53 Å². The molecule has 4 nitrogen and oxygen atoms in total. The topological polar surface area (TPSA) is 41.6 Å². The Kier molecular flexibility index (Phi) is 5.67. The fraction of sp³-hybridized carbons (Fsp3) is 0.353. The number of benzene rings is 1. The number of carbonyl (C=O) groups is 1. The van der Waals surface area contributed by atoms with Crippen molar-refractivity contribution in [3.63, 3.8) is 0 Å². The number of thiophene rings is 1. The van der Waals surface area contributed by atoms with Gasteiger partial charge in [0, 0.05) is 35.2 Å². The summed E-state index contributed by atoms with van der Waals surface area (Å²) >= 11 is 7.95. The van der Waals surface area contributed by atoms with E-state index in [2.05, 4.69) is 10.2 Å². The molecule has 2 heterocycles. The van der Waals surface area contributed by atoms with Crippen LogP contribution in [0.25, 0.3) is 0 Å². The minimum atomic E-state index is -0.0237. The number of halogens is 1. The standard InChI is InChI=1S/C17H19ClN2O2S/c18-16-10-14(19-17(21)11-15-2-1-9-23-15)4-3-13(16)12-20-5-7-22-8-6-20/h1-4,9-10H,5-8,11-12H2,(H,19,21). The van der Waals surface area contributed by atoms with Crippen LogP contribution < -0.4 is 5.32 Å². The largest absolute Gasteiger partial charge is 0.379 e. The Hall–Kier alpha value is -1.40. The summed E-state index contributed by atoms with van der Waals surface area (Å²) in [6.07, 6.45) is 0.394. The van der Waals surface area contributed by atoms with Crippen LogP contribution in [0.3, 0.4) is 0 Å². The first-order valence-electron chi connectivity index (χ1n) is 7.61. The number of nitrogens with zero attached hydrogens (tertiary/aromatic N) is 1. The number of hydrogen-bond acceptors (Lipinski definition) is 4. The van der Waals surface area contributed by atoms with Crippen molar-refractivity contribution in [3.8, 4) is 0 Å². The molecule has 1 amide bonds. The predicted molar refractivity (Wildman–Crippen MR) is 94.2 cm³/mol. The van der Waals surface area contributed by atoms with E-state index in [4.69, 9.17) is 16.3 Å². The molecular weight excluding hydrogens is 332 g/mol. The van der Waals surface area contributed by atoms with Crippen molar-refractivity contribution in [1.29, 1.82) is 0 Å². The van der Waals surface area contributed by atoms with Gasteiger partial charge < -0.3 is 10.1 Å². The average Bonchev–Trinajstić information content (AvgIpc) is 3.04. The molecule has 1 aliphatic heterocycles. The second kappa shape index (κ2) is 7.93. The fourth-order valence-electron chi connectivity index (χ4n) is 2.53. The maximum absolute atomic E-state index is 12.0. The molecule has 6 heteroatoms. The van der Waals surface area contributed by atoms with Gasteiger partial charge in [0.05, 0.1) is 19.6 Å². The molecular formula is C17H19ClN2O2S. The summed E-state index contributed by atoms with van der Waals surface area (Å²) < 4.78 is 5.35. The van der Waals surface area contributed by atoms with E-state index < -0.39 is 0 Å². The Morgan fingerprint density at radius 3 is 2.83 bits per heavy atom. The third kappa shape index (κ3) is 4.78. The zero-order valence-electron chi connectivity index (χ0n) is 12.8. The van der Waals surface area contributed by atoms with Crippen LogP contribution in [-0.4, -0.2) is 37.1 Å². The fourth-order valence-corrected chi connectivity index (χ4v) is 3.47. The molecule has 1 aromatic heterocycles. The summed E-state index contributed by atoms with van der Waals surface area (Å²) in [5.74, 6) is -0.0237. The molecule has 23 heavy (non-hydrogen) atoms. The molecule has 2 aromatic rings. The molecule has 1 aromatic carbocycles. The van der Waals surface area contributed by atoms with Gasteiger partial charge in [-0.3, -0.25) is 9.69 Å². The number of hydrogen-bond donors (Lipinski definition) is 1. The first-order chi connectivity index (χ1) is 11.2. The van der Waals surface area contributed by atoms with Crippen LogP contribution in [0, 0.1) is 0 Å². The van der Waals surface area contributed by atoms with Crippen molar-refractivity contribution in [2.75, 3.05) is 31.6 Å². The van der Waals surface area contributed by atoms with Gasteiger partial charge in [-0.2, -0.15) is 0 Å². The lowest BCUT2D eigenvalue weighted by molar-refractivity contribution is -0.115. The van der Waals surface area contributed by atoms with Crippen LogP contribution in [0.5, 0.6) is 0 Å². The second-order valence-corrected chi connectivity index (χ2v) is 6.94. The van der Waals surface area contributed by atoms with Gasteiger partial charge in [0.2, 0.25) is 5.91 Å². The molecule has 0 spiro atoms. The number of anilines is 1. The SMILES string of the molecule is O=C(Cc1cccs1)Nc1ccc(CN2CCOCC2)c(Cl)c1. The zero-order chi connectivity index (χ0) is 16.1. The smallest absolute Gasteiger partial charge is 0.229 e. The number of carbonyl (C=O) groups excluding carboxylic acids is 1. The molecule has 0 aliphatic carbocycles. The quantitative estimate of drug-likeness (QED) is 0.898. The monoisotopic (exact) mass is 350 g/mol. The molecule has 0 radical (unpaired) electrons. The Morgan fingerprint density at radius 1 is 1.30 bits per heavy atom. The lowest BCUT2D eigenvalue weighted by Gasteiger charge is -2.27. The third-order valence-corrected chi connectivity index (χ3v) is 4.98. The summed E-state index contributed by atoms with van der Waals surface area (Å²) in [4.78, 5) is 15.4. The van der Waals surface area contributed by atoms with E-state index in [1.807, 2.05) is 35.7 Å². The molecule has 1 aliphatic rings.